The standard InChI is InChI=1S/C21H25N3O2/c1-3-24-19-12-8-7-11-18(19)22-20(24)14-13-16-9-5-6-10-17(16)23-21(25)15-26-4-2/h5-12H,3-4,13-15H2,1-2H3,(H,23,25). The number of fused-ring (bicyclic) bond motifs is 1. The van der Waals surface area contributed by atoms with E-state index in [9.17, 15) is 4.79 Å². The third-order valence-corrected chi connectivity index (χ3v) is 4.40. The third kappa shape index (κ3) is 4.11. The number of hydrogen-bond donors (Lipinski definition) is 1. The molecule has 26 heavy (non-hydrogen) atoms. The lowest BCUT2D eigenvalue weighted by atomic mass is 10.1. The van der Waals surface area contributed by atoms with Gasteiger partial charge in [0.05, 0.1) is 11.0 Å². The molecule has 0 radical (unpaired) electrons. The van der Waals surface area contributed by atoms with Crippen LogP contribution < -0.4 is 5.32 Å². The van der Waals surface area contributed by atoms with Gasteiger partial charge in [-0.2, -0.15) is 0 Å². The van der Waals surface area contributed by atoms with Gasteiger partial charge in [0, 0.05) is 25.3 Å². The SMILES string of the molecule is CCOCC(=O)Nc1ccccc1CCc1nc2ccccc2n1CC. The average Bonchev–Trinajstić information content (AvgIpc) is 3.03. The van der Waals surface area contributed by atoms with E-state index in [4.69, 9.17) is 9.72 Å². The van der Waals surface area contributed by atoms with Gasteiger partial charge in [0.15, 0.2) is 0 Å². The van der Waals surface area contributed by atoms with Crippen LogP contribution in [0.5, 0.6) is 0 Å². The van der Waals surface area contributed by atoms with E-state index in [0.29, 0.717) is 6.61 Å². The van der Waals surface area contributed by atoms with E-state index in [1.807, 2.05) is 43.3 Å². The second-order valence-corrected chi connectivity index (χ2v) is 6.10. The van der Waals surface area contributed by atoms with Crippen molar-refractivity contribution < 1.29 is 9.53 Å². The predicted octanol–water partition coefficient (Wildman–Crippen LogP) is 3.82. The summed E-state index contributed by atoms with van der Waals surface area (Å²) in [5, 5.41) is 2.95. The number of nitrogens with one attached hydrogen (secondary N) is 1. The van der Waals surface area contributed by atoms with Gasteiger partial charge in [-0.15, -0.1) is 0 Å². The average molecular weight is 351 g/mol. The first-order valence-corrected chi connectivity index (χ1v) is 9.12. The summed E-state index contributed by atoms with van der Waals surface area (Å²) in [4.78, 5) is 16.7. The zero-order valence-electron chi connectivity index (χ0n) is 15.4. The van der Waals surface area contributed by atoms with Crippen LogP contribution in [0.2, 0.25) is 0 Å². The number of aromatic nitrogens is 2. The highest BCUT2D eigenvalue weighted by Crippen LogP contribution is 2.20. The summed E-state index contributed by atoms with van der Waals surface area (Å²) in [6.07, 6.45) is 1.63. The summed E-state index contributed by atoms with van der Waals surface area (Å²) in [5.41, 5.74) is 4.15. The highest BCUT2D eigenvalue weighted by Gasteiger charge is 2.11. The minimum absolute atomic E-state index is 0.0798. The van der Waals surface area contributed by atoms with Crippen molar-refractivity contribution >= 4 is 22.6 Å². The van der Waals surface area contributed by atoms with Crippen molar-refractivity contribution in [2.75, 3.05) is 18.5 Å². The number of carbonyl (C=O) groups is 1. The van der Waals surface area contributed by atoms with E-state index in [2.05, 4.69) is 28.9 Å². The molecule has 0 aliphatic rings. The van der Waals surface area contributed by atoms with Gasteiger partial charge in [0.25, 0.3) is 0 Å². The van der Waals surface area contributed by atoms with Crippen LogP contribution in [0.15, 0.2) is 48.5 Å². The van der Waals surface area contributed by atoms with Gasteiger partial charge in [0.1, 0.15) is 12.4 Å². The Kier molecular flexibility index (Phi) is 6.02. The largest absolute Gasteiger partial charge is 0.372 e. The van der Waals surface area contributed by atoms with Crippen LogP contribution in [-0.2, 0) is 28.9 Å². The molecule has 1 aromatic heterocycles. The summed E-state index contributed by atoms with van der Waals surface area (Å²) in [6.45, 7) is 5.52. The minimum atomic E-state index is -0.125. The maximum atomic E-state index is 12.0. The van der Waals surface area contributed by atoms with Gasteiger partial charge < -0.3 is 14.6 Å². The molecular formula is C21H25N3O2. The Bertz CT molecular complexity index is 886. The highest BCUT2D eigenvalue weighted by molar-refractivity contribution is 5.92. The quantitative estimate of drug-likeness (QED) is 0.671. The van der Waals surface area contributed by atoms with E-state index < -0.39 is 0 Å². The molecule has 5 nitrogen and oxygen atoms in total. The van der Waals surface area contributed by atoms with Crippen LogP contribution in [0.1, 0.15) is 25.2 Å². The maximum absolute atomic E-state index is 12.0. The Morgan fingerprint density at radius 1 is 1.08 bits per heavy atom. The van der Waals surface area contributed by atoms with Crippen molar-refractivity contribution in [1.29, 1.82) is 0 Å². The zero-order chi connectivity index (χ0) is 18.4. The predicted molar refractivity (Wildman–Crippen MR) is 104 cm³/mol. The Morgan fingerprint density at radius 2 is 1.85 bits per heavy atom. The Hall–Kier alpha value is -2.66. The molecule has 1 heterocycles. The van der Waals surface area contributed by atoms with E-state index in [1.54, 1.807) is 0 Å². The van der Waals surface area contributed by atoms with E-state index in [0.717, 1.165) is 42.0 Å². The lowest BCUT2D eigenvalue weighted by Gasteiger charge is -2.11. The molecule has 0 aliphatic carbocycles. The molecule has 5 heteroatoms. The number of amides is 1. The summed E-state index contributed by atoms with van der Waals surface area (Å²) >= 11 is 0. The van der Waals surface area contributed by atoms with Crippen LogP contribution in [0.25, 0.3) is 11.0 Å². The number of imidazole rings is 1. The molecule has 0 fully saturated rings. The molecule has 2 aromatic carbocycles. The molecule has 3 aromatic rings. The second kappa shape index (κ2) is 8.63. The zero-order valence-corrected chi connectivity index (χ0v) is 15.4. The number of anilines is 1. The van der Waals surface area contributed by atoms with Crippen LogP contribution in [0, 0.1) is 0 Å². The maximum Gasteiger partial charge on any atom is 0.250 e. The van der Waals surface area contributed by atoms with Gasteiger partial charge >= 0.3 is 0 Å². The minimum Gasteiger partial charge on any atom is -0.372 e. The number of para-hydroxylation sites is 3. The normalized spacial score (nSPS) is 11.0. The number of ether oxygens (including phenoxy) is 1. The van der Waals surface area contributed by atoms with Gasteiger partial charge in [0.2, 0.25) is 5.91 Å². The molecule has 3 rings (SSSR count). The van der Waals surface area contributed by atoms with Crippen LogP contribution in [0.3, 0.4) is 0 Å². The lowest BCUT2D eigenvalue weighted by molar-refractivity contribution is -0.120. The summed E-state index contributed by atoms with van der Waals surface area (Å²) in [6, 6.07) is 16.1. The van der Waals surface area contributed by atoms with E-state index in [-0.39, 0.29) is 12.5 Å². The fourth-order valence-corrected chi connectivity index (χ4v) is 3.16. The lowest BCUT2D eigenvalue weighted by Crippen LogP contribution is -2.19. The van der Waals surface area contributed by atoms with Crippen molar-refractivity contribution in [3.63, 3.8) is 0 Å². The third-order valence-electron chi connectivity index (χ3n) is 4.40. The van der Waals surface area contributed by atoms with E-state index in [1.165, 1.54) is 5.52 Å². The molecule has 1 amide bonds. The Morgan fingerprint density at radius 3 is 2.65 bits per heavy atom. The fraction of sp³-hybridized carbons (Fsp3) is 0.333. The molecular weight excluding hydrogens is 326 g/mol. The Balaban J connectivity index is 1.75. The molecule has 136 valence electrons. The first-order valence-electron chi connectivity index (χ1n) is 9.12. The van der Waals surface area contributed by atoms with Crippen LogP contribution in [-0.4, -0.2) is 28.7 Å². The van der Waals surface area contributed by atoms with Crippen molar-refractivity contribution in [3.05, 3.63) is 59.9 Å². The molecule has 0 atom stereocenters. The Labute approximate surface area is 154 Å². The van der Waals surface area contributed by atoms with Gasteiger partial charge in [-0.05, 0) is 44.0 Å². The summed E-state index contributed by atoms with van der Waals surface area (Å²) < 4.78 is 7.43. The highest BCUT2D eigenvalue weighted by atomic mass is 16.5. The number of hydrogen-bond acceptors (Lipinski definition) is 3. The molecule has 0 aliphatic heterocycles. The molecule has 0 saturated carbocycles. The number of carbonyl (C=O) groups excluding carboxylic acids is 1. The first kappa shape index (κ1) is 18.1. The van der Waals surface area contributed by atoms with Crippen molar-refractivity contribution in [3.8, 4) is 0 Å². The van der Waals surface area contributed by atoms with Gasteiger partial charge in [-0.1, -0.05) is 30.3 Å². The smallest absolute Gasteiger partial charge is 0.250 e. The van der Waals surface area contributed by atoms with Crippen LogP contribution in [0.4, 0.5) is 5.69 Å². The van der Waals surface area contributed by atoms with Crippen molar-refractivity contribution in [1.82, 2.24) is 9.55 Å². The van der Waals surface area contributed by atoms with Crippen molar-refractivity contribution in [2.45, 2.75) is 33.2 Å². The number of rotatable bonds is 8. The van der Waals surface area contributed by atoms with Crippen molar-refractivity contribution in [2.24, 2.45) is 0 Å². The summed E-state index contributed by atoms with van der Waals surface area (Å²) in [5.74, 6) is 0.948. The number of aryl methyl sites for hydroxylation is 3. The monoisotopic (exact) mass is 351 g/mol. The topological polar surface area (TPSA) is 56.1 Å². The molecule has 0 saturated heterocycles. The van der Waals surface area contributed by atoms with Crippen LogP contribution >= 0.6 is 0 Å². The molecule has 0 unspecified atom stereocenters. The molecule has 0 bridgehead atoms. The summed E-state index contributed by atoms with van der Waals surface area (Å²) in [7, 11) is 0. The first-order chi connectivity index (χ1) is 12.7. The van der Waals surface area contributed by atoms with Gasteiger partial charge in [-0.25, -0.2) is 4.98 Å². The second-order valence-electron chi connectivity index (χ2n) is 6.10. The van der Waals surface area contributed by atoms with Gasteiger partial charge in [-0.3, -0.25) is 4.79 Å². The number of nitrogens with zero attached hydrogens (tertiary/aromatic N) is 2. The molecule has 1 N–H and O–H groups in total. The fourth-order valence-electron chi connectivity index (χ4n) is 3.16. The van der Waals surface area contributed by atoms with E-state index >= 15 is 0 Å². The number of benzene rings is 2. The molecule has 0 spiro atoms.